The third-order valence-corrected chi connectivity index (χ3v) is 4.71. The van der Waals surface area contributed by atoms with Crippen molar-refractivity contribution in [2.75, 3.05) is 13.2 Å². The molecule has 1 aliphatic rings. The minimum absolute atomic E-state index is 0.144. The minimum Gasteiger partial charge on any atom is -0.376 e. The molecule has 1 aliphatic heterocycles. The summed E-state index contributed by atoms with van der Waals surface area (Å²) in [6.07, 6.45) is 4.33. The Balaban J connectivity index is 1.52. The third-order valence-electron chi connectivity index (χ3n) is 4.71. The normalized spacial score (nSPS) is 16.8. The summed E-state index contributed by atoms with van der Waals surface area (Å²) >= 11 is 0. The number of aromatic nitrogens is 1. The Hall–Kier alpha value is -2.27. The molecule has 0 bridgehead atoms. The summed E-state index contributed by atoms with van der Waals surface area (Å²) in [5.74, 6) is 0. The number of nitrogens with one attached hydrogen (secondary N) is 2. The Bertz CT molecular complexity index is 717. The van der Waals surface area contributed by atoms with Crippen molar-refractivity contribution in [3.05, 3.63) is 58.9 Å². The smallest absolute Gasteiger partial charge is 0.315 e. The van der Waals surface area contributed by atoms with Crippen LogP contribution in [0.25, 0.3) is 0 Å². The standard InChI is InChI=1S/C20H27N3O2/c1-15-7-8-16(2)17(11-15)14-23-9-3-5-18(23)12-21-20(24)22-13-19-6-4-10-25-19/h3,5,7-9,11,19H,4,6,10,12-14H2,1-2H3,(H2,21,22,24)/t19-/m1/s1. The van der Waals surface area contributed by atoms with Crippen molar-refractivity contribution >= 4 is 6.03 Å². The Morgan fingerprint density at radius 1 is 1.28 bits per heavy atom. The first-order chi connectivity index (χ1) is 12.1. The lowest BCUT2D eigenvalue weighted by atomic mass is 10.1. The molecule has 5 heteroatoms. The van der Waals surface area contributed by atoms with Crippen LogP contribution in [0.2, 0.25) is 0 Å². The summed E-state index contributed by atoms with van der Waals surface area (Å²) in [7, 11) is 0. The molecule has 1 atom stereocenters. The van der Waals surface area contributed by atoms with Gasteiger partial charge < -0.3 is 19.9 Å². The lowest BCUT2D eigenvalue weighted by Crippen LogP contribution is -2.39. The van der Waals surface area contributed by atoms with E-state index in [9.17, 15) is 4.79 Å². The molecule has 2 aromatic rings. The molecule has 3 rings (SSSR count). The van der Waals surface area contributed by atoms with E-state index >= 15 is 0 Å². The van der Waals surface area contributed by atoms with Gasteiger partial charge in [-0.1, -0.05) is 23.8 Å². The van der Waals surface area contributed by atoms with E-state index in [1.807, 2.05) is 12.1 Å². The summed E-state index contributed by atoms with van der Waals surface area (Å²) < 4.78 is 7.70. The SMILES string of the molecule is Cc1ccc(C)c(Cn2cccc2CNC(=O)NC[C@H]2CCCO2)c1. The molecular formula is C20H27N3O2. The van der Waals surface area contributed by atoms with Crippen LogP contribution in [0, 0.1) is 13.8 Å². The maximum absolute atomic E-state index is 12.0. The summed E-state index contributed by atoms with van der Waals surface area (Å²) in [6.45, 7) is 6.95. The van der Waals surface area contributed by atoms with Crippen molar-refractivity contribution in [3.8, 4) is 0 Å². The minimum atomic E-state index is -0.144. The molecule has 1 fully saturated rings. The predicted octanol–water partition coefficient (Wildman–Crippen LogP) is 3.13. The highest BCUT2D eigenvalue weighted by atomic mass is 16.5. The van der Waals surface area contributed by atoms with Gasteiger partial charge in [0.15, 0.2) is 0 Å². The number of hydrogen-bond acceptors (Lipinski definition) is 2. The first kappa shape index (κ1) is 17.5. The van der Waals surface area contributed by atoms with Crippen molar-refractivity contribution in [1.82, 2.24) is 15.2 Å². The number of urea groups is 1. The largest absolute Gasteiger partial charge is 0.376 e. The Kier molecular flexibility index (Phi) is 5.76. The van der Waals surface area contributed by atoms with Crippen LogP contribution in [0.15, 0.2) is 36.5 Å². The average molecular weight is 341 g/mol. The number of hydrogen-bond donors (Lipinski definition) is 2. The van der Waals surface area contributed by atoms with Crippen molar-refractivity contribution < 1.29 is 9.53 Å². The zero-order valence-corrected chi connectivity index (χ0v) is 15.0. The Labute approximate surface area is 149 Å². The van der Waals surface area contributed by atoms with Crippen LogP contribution in [0.1, 0.15) is 35.2 Å². The molecule has 0 spiro atoms. The van der Waals surface area contributed by atoms with Gasteiger partial charge in [-0.15, -0.1) is 0 Å². The van der Waals surface area contributed by atoms with Crippen molar-refractivity contribution in [2.45, 2.75) is 45.9 Å². The lowest BCUT2D eigenvalue weighted by Gasteiger charge is -2.14. The van der Waals surface area contributed by atoms with E-state index in [4.69, 9.17) is 4.74 Å². The van der Waals surface area contributed by atoms with E-state index < -0.39 is 0 Å². The van der Waals surface area contributed by atoms with Crippen LogP contribution < -0.4 is 10.6 Å². The number of carbonyl (C=O) groups excluding carboxylic acids is 1. The monoisotopic (exact) mass is 341 g/mol. The van der Waals surface area contributed by atoms with Crippen molar-refractivity contribution in [1.29, 1.82) is 0 Å². The summed E-state index contributed by atoms with van der Waals surface area (Å²) in [4.78, 5) is 12.0. The fourth-order valence-electron chi connectivity index (χ4n) is 3.16. The quantitative estimate of drug-likeness (QED) is 0.848. The van der Waals surface area contributed by atoms with Crippen LogP contribution in [0.5, 0.6) is 0 Å². The van der Waals surface area contributed by atoms with Gasteiger partial charge in [0.1, 0.15) is 0 Å². The van der Waals surface area contributed by atoms with Gasteiger partial charge in [-0.3, -0.25) is 0 Å². The van der Waals surface area contributed by atoms with Gasteiger partial charge in [0.05, 0.1) is 12.6 Å². The van der Waals surface area contributed by atoms with Gasteiger partial charge in [-0.05, 0) is 49.9 Å². The highest BCUT2D eigenvalue weighted by Gasteiger charge is 2.16. The molecule has 0 radical (unpaired) electrons. The van der Waals surface area contributed by atoms with Crippen LogP contribution in [0.3, 0.4) is 0 Å². The number of amides is 2. The molecular weight excluding hydrogens is 314 g/mol. The molecule has 0 saturated carbocycles. The van der Waals surface area contributed by atoms with Gasteiger partial charge >= 0.3 is 6.03 Å². The maximum atomic E-state index is 12.0. The molecule has 2 amide bonds. The molecule has 1 aromatic heterocycles. The molecule has 2 heterocycles. The van der Waals surface area contributed by atoms with Gasteiger partial charge in [0.2, 0.25) is 0 Å². The van der Waals surface area contributed by atoms with E-state index in [-0.39, 0.29) is 12.1 Å². The van der Waals surface area contributed by atoms with E-state index in [1.54, 1.807) is 0 Å². The van der Waals surface area contributed by atoms with Gasteiger partial charge in [0.25, 0.3) is 0 Å². The number of rotatable bonds is 6. The van der Waals surface area contributed by atoms with E-state index in [0.29, 0.717) is 13.1 Å². The molecule has 2 N–H and O–H groups in total. The number of nitrogens with zero attached hydrogens (tertiary/aromatic N) is 1. The molecule has 0 aliphatic carbocycles. The molecule has 25 heavy (non-hydrogen) atoms. The molecule has 1 aromatic carbocycles. The second-order valence-electron chi connectivity index (χ2n) is 6.76. The van der Waals surface area contributed by atoms with Crippen LogP contribution >= 0.6 is 0 Å². The fourth-order valence-corrected chi connectivity index (χ4v) is 3.16. The summed E-state index contributed by atoms with van der Waals surface area (Å²) in [6, 6.07) is 10.4. The number of aryl methyl sites for hydroxylation is 2. The zero-order valence-electron chi connectivity index (χ0n) is 15.0. The Morgan fingerprint density at radius 2 is 2.16 bits per heavy atom. The molecule has 5 nitrogen and oxygen atoms in total. The van der Waals surface area contributed by atoms with Gasteiger partial charge in [-0.25, -0.2) is 4.79 Å². The molecule has 1 saturated heterocycles. The first-order valence-corrected chi connectivity index (χ1v) is 8.95. The van der Waals surface area contributed by atoms with Crippen molar-refractivity contribution in [3.63, 3.8) is 0 Å². The second kappa shape index (κ2) is 8.21. The van der Waals surface area contributed by atoms with Crippen LogP contribution in [-0.2, 0) is 17.8 Å². The molecule has 0 unspecified atom stereocenters. The fraction of sp³-hybridized carbons (Fsp3) is 0.450. The van der Waals surface area contributed by atoms with E-state index in [2.05, 4.69) is 53.4 Å². The summed E-state index contributed by atoms with van der Waals surface area (Å²) in [5.41, 5.74) is 4.95. The number of carbonyl (C=O) groups is 1. The zero-order chi connectivity index (χ0) is 17.6. The second-order valence-corrected chi connectivity index (χ2v) is 6.76. The van der Waals surface area contributed by atoms with E-state index in [0.717, 1.165) is 31.7 Å². The average Bonchev–Trinajstić information content (AvgIpc) is 3.26. The lowest BCUT2D eigenvalue weighted by molar-refractivity contribution is 0.111. The Morgan fingerprint density at radius 3 is 2.96 bits per heavy atom. The highest BCUT2D eigenvalue weighted by molar-refractivity contribution is 5.73. The number of benzene rings is 1. The first-order valence-electron chi connectivity index (χ1n) is 8.95. The van der Waals surface area contributed by atoms with Gasteiger partial charge in [0, 0.05) is 31.6 Å². The molecule has 134 valence electrons. The summed E-state index contributed by atoms with van der Waals surface area (Å²) in [5, 5.41) is 5.82. The predicted molar refractivity (Wildman–Crippen MR) is 98.7 cm³/mol. The van der Waals surface area contributed by atoms with Crippen LogP contribution in [-0.4, -0.2) is 29.9 Å². The topological polar surface area (TPSA) is 55.3 Å². The maximum Gasteiger partial charge on any atom is 0.315 e. The van der Waals surface area contributed by atoms with Gasteiger partial charge in [-0.2, -0.15) is 0 Å². The third kappa shape index (κ3) is 4.86. The number of ether oxygens (including phenoxy) is 1. The van der Waals surface area contributed by atoms with Crippen LogP contribution in [0.4, 0.5) is 4.79 Å². The highest BCUT2D eigenvalue weighted by Crippen LogP contribution is 2.14. The van der Waals surface area contributed by atoms with Crippen molar-refractivity contribution in [2.24, 2.45) is 0 Å². The van der Waals surface area contributed by atoms with E-state index in [1.165, 1.54) is 16.7 Å².